The van der Waals surface area contributed by atoms with E-state index in [0.717, 1.165) is 72.3 Å². The fraction of sp³-hybridized carbons (Fsp3) is 0.731. The van der Waals surface area contributed by atoms with Crippen molar-refractivity contribution in [3.05, 3.63) is 26.7 Å². The number of thiazole rings is 2. The first kappa shape index (κ1) is 24.2. The van der Waals surface area contributed by atoms with E-state index in [1.54, 1.807) is 22.7 Å². The highest BCUT2D eigenvalue weighted by Gasteiger charge is 2.25. The molecule has 0 bridgehead atoms. The number of carbonyl (C=O) groups excluding carboxylic acids is 1. The predicted octanol–water partition coefficient (Wildman–Crippen LogP) is 4.80. The summed E-state index contributed by atoms with van der Waals surface area (Å²) in [4.78, 5) is 26.6. The lowest BCUT2D eigenvalue weighted by atomic mass is 9.84. The molecule has 8 heteroatoms. The zero-order valence-corrected chi connectivity index (χ0v) is 22.0. The minimum Gasteiger partial charge on any atom is -0.470 e. The number of aryl methyl sites for hydroxylation is 1. The molecule has 3 aliphatic rings. The van der Waals surface area contributed by atoms with E-state index in [0.29, 0.717) is 12.5 Å². The van der Waals surface area contributed by atoms with Crippen molar-refractivity contribution in [1.29, 1.82) is 0 Å². The number of ether oxygens (including phenoxy) is 1. The maximum atomic E-state index is 12.4. The SMILES string of the molecule is Cc1ncc(CC(=O)N[C@H]2CC[C@H](CCN3CCc4nc(OCC5CCC5)sc4CC3)CC2)s1. The van der Waals surface area contributed by atoms with Crippen LogP contribution in [0.4, 0.5) is 0 Å². The zero-order valence-electron chi connectivity index (χ0n) is 20.4. The van der Waals surface area contributed by atoms with Crippen molar-refractivity contribution in [2.45, 2.75) is 83.6 Å². The molecule has 2 saturated carbocycles. The van der Waals surface area contributed by atoms with Crippen LogP contribution >= 0.6 is 22.7 Å². The molecule has 34 heavy (non-hydrogen) atoms. The highest BCUT2D eigenvalue weighted by atomic mass is 32.1. The lowest BCUT2D eigenvalue weighted by Gasteiger charge is -2.30. The molecule has 0 atom stereocenters. The van der Waals surface area contributed by atoms with Gasteiger partial charge in [0, 0.05) is 41.5 Å². The average Bonchev–Trinajstić information content (AvgIpc) is 3.33. The molecule has 1 aliphatic heterocycles. The third kappa shape index (κ3) is 6.58. The molecule has 1 N–H and O–H groups in total. The Balaban J connectivity index is 0.980. The number of amides is 1. The van der Waals surface area contributed by atoms with E-state index in [9.17, 15) is 4.79 Å². The fourth-order valence-electron chi connectivity index (χ4n) is 5.40. The molecule has 6 nitrogen and oxygen atoms in total. The molecule has 2 aliphatic carbocycles. The van der Waals surface area contributed by atoms with Crippen LogP contribution in [0.15, 0.2) is 6.20 Å². The third-order valence-electron chi connectivity index (χ3n) is 7.82. The third-order valence-corrected chi connectivity index (χ3v) is 9.80. The van der Waals surface area contributed by atoms with Gasteiger partial charge in [-0.2, -0.15) is 0 Å². The lowest BCUT2D eigenvalue weighted by Crippen LogP contribution is -2.38. The van der Waals surface area contributed by atoms with Gasteiger partial charge in [0.05, 0.1) is 23.7 Å². The van der Waals surface area contributed by atoms with Gasteiger partial charge in [-0.05, 0) is 76.7 Å². The van der Waals surface area contributed by atoms with Crippen molar-refractivity contribution < 1.29 is 9.53 Å². The molecular weight excluding hydrogens is 464 g/mol. The number of hydrogen-bond donors (Lipinski definition) is 1. The monoisotopic (exact) mass is 502 g/mol. The van der Waals surface area contributed by atoms with E-state index in [-0.39, 0.29) is 5.91 Å². The van der Waals surface area contributed by atoms with Crippen LogP contribution in [0.1, 0.15) is 71.8 Å². The first-order valence-electron chi connectivity index (χ1n) is 13.1. The summed E-state index contributed by atoms with van der Waals surface area (Å²) in [6, 6.07) is 0.346. The van der Waals surface area contributed by atoms with Crippen LogP contribution in [0.2, 0.25) is 0 Å². The molecule has 2 aromatic rings. The van der Waals surface area contributed by atoms with Crippen LogP contribution in [-0.2, 0) is 24.1 Å². The van der Waals surface area contributed by atoms with Crippen molar-refractivity contribution in [2.75, 3.05) is 26.2 Å². The summed E-state index contributed by atoms with van der Waals surface area (Å²) in [7, 11) is 0. The van der Waals surface area contributed by atoms with Crippen LogP contribution in [0.5, 0.6) is 5.19 Å². The second-order valence-corrected chi connectivity index (χ2v) is 12.8. The molecular formula is C26H38N4O2S2. The second kappa shape index (κ2) is 11.5. The van der Waals surface area contributed by atoms with Gasteiger partial charge in [0.1, 0.15) is 0 Å². The number of aromatic nitrogens is 2. The van der Waals surface area contributed by atoms with Gasteiger partial charge in [-0.1, -0.05) is 17.8 Å². The molecule has 2 fully saturated rings. The van der Waals surface area contributed by atoms with Crippen LogP contribution in [0.25, 0.3) is 0 Å². The number of carbonyl (C=O) groups is 1. The molecule has 0 saturated heterocycles. The molecule has 0 unspecified atom stereocenters. The molecule has 0 spiro atoms. The summed E-state index contributed by atoms with van der Waals surface area (Å²) < 4.78 is 5.99. The number of nitrogens with zero attached hydrogens (tertiary/aromatic N) is 3. The van der Waals surface area contributed by atoms with Gasteiger partial charge in [-0.15, -0.1) is 11.3 Å². The molecule has 5 rings (SSSR count). The maximum absolute atomic E-state index is 12.4. The molecule has 0 radical (unpaired) electrons. The van der Waals surface area contributed by atoms with Gasteiger partial charge in [0.25, 0.3) is 5.19 Å². The Morgan fingerprint density at radius 1 is 1.12 bits per heavy atom. The van der Waals surface area contributed by atoms with E-state index in [4.69, 9.17) is 9.72 Å². The van der Waals surface area contributed by atoms with Gasteiger partial charge < -0.3 is 15.0 Å². The lowest BCUT2D eigenvalue weighted by molar-refractivity contribution is -0.121. The zero-order chi connectivity index (χ0) is 23.3. The summed E-state index contributed by atoms with van der Waals surface area (Å²) in [5.74, 6) is 1.70. The summed E-state index contributed by atoms with van der Waals surface area (Å²) in [5, 5.41) is 5.18. The predicted molar refractivity (Wildman–Crippen MR) is 138 cm³/mol. The maximum Gasteiger partial charge on any atom is 0.273 e. The smallest absolute Gasteiger partial charge is 0.273 e. The van der Waals surface area contributed by atoms with Crippen molar-refractivity contribution in [2.24, 2.45) is 11.8 Å². The summed E-state index contributed by atoms with van der Waals surface area (Å²) in [6.07, 6.45) is 14.4. The number of hydrogen-bond acceptors (Lipinski definition) is 7. The van der Waals surface area contributed by atoms with Gasteiger partial charge in [0.15, 0.2) is 0 Å². The van der Waals surface area contributed by atoms with Crippen molar-refractivity contribution in [3.8, 4) is 5.19 Å². The highest BCUT2D eigenvalue weighted by Crippen LogP contribution is 2.32. The minimum absolute atomic E-state index is 0.148. The molecule has 1 amide bonds. The normalized spacial score (nSPS) is 23.7. The Hall–Kier alpha value is -1.51. The van der Waals surface area contributed by atoms with E-state index < -0.39 is 0 Å². The first-order chi connectivity index (χ1) is 16.6. The van der Waals surface area contributed by atoms with E-state index in [1.165, 1.54) is 55.6 Å². The Bertz CT molecular complexity index is 921. The van der Waals surface area contributed by atoms with Crippen molar-refractivity contribution in [3.63, 3.8) is 0 Å². The summed E-state index contributed by atoms with van der Waals surface area (Å²) in [6.45, 7) is 6.28. The summed E-state index contributed by atoms with van der Waals surface area (Å²) >= 11 is 3.40. The van der Waals surface area contributed by atoms with Gasteiger partial charge >= 0.3 is 0 Å². The number of fused-ring (bicyclic) bond motifs is 1. The van der Waals surface area contributed by atoms with Crippen molar-refractivity contribution in [1.82, 2.24) is 20.2 Å². The van der Waals surface area contributed by atoms with Crippen LogP contribution in [-0.4, -0.2) is 53.1 Å². The van der Waals surface area contributed by atoms with Crippen LogP contribution in [0.3, 0.4) is 0 Å². The number of rotatable bonds is 9. The van der Waals surface area contributed by atoms with Gasteiger partial charge in [0.2, 0.25) is 5.91 Å². The molecule has 3 heterocycles. The largest absolute Gasteiger partial charge is 0.470 e. The van der Waals surface area contributed by atoms with Crippen molar-refractivity contribution >= 4 is 28.6 Å². The van der Waals surface area contributed by atoms with Gasteiger partial charge in [-0.3, -0.25) is 4.79 Å². The van der Waals surface area contributed by atoms with E-state index in [1.807, 2.05) is 13.1 Å². The standard InChI is InChI=1S/C26H38N4O2S2/c1-18-27-16-22(33-18)15-25(31)28-21-7-5-19(6-8-21)9-12-30-13-10-23-24(11-14-30)34-26(29-23)32-17-20-3-2-4-20/h16,19-21H,2-15,17H2,1H3,(H,28,31)/t19-,21-. The van der Waals surface area contributed by atoms with E-state index >= 15 is 0 Å². The molecule has 186 valence electrons. The number of nitrogens with one attached hydrogen (secondary N) is 1. The Labute approximate surface area is 211 Å². The minimum atomic E-state index is 0.148. The average molecular weight is 503 g/mol. The van der Waals surface area contributed by atoms with Crippen LogP contribution < -0.4 is 10.1 Å². The van der Waals surface area contributed by atoms with Gasteiger partial charge in [-0.25, -0.2) is 9.97 Å². The van der Waals surface area contributed by atoms with E-state index in [2.05, 4.69) is 15.2 Å². The highest BCUT2D eigenvalue weighted by molar-refractivity contribution is 7.13. The Morgan fingerprint density at radius 2 is 1.94 bits per heavy atom. The Kier molecular flexibility index (Phi) is 8.17. The Morgan fingerprint density at radius 3 is 2.68 bits per heavy atom. The second-order valence-electron chi connectivity index (χ2n) is 10.4. The summed E-state index contributed by atoms with van der Waals surface area (Å²) in [5.41, 5.74) is 1.28. The molecule has 2 aromatic heterocycles. The molecule has 0 aromatic carbocycles. The van der Waals surface area contributed by atoms with Crippen LogP contribution in [0, 0.1) is 18.8 Å². The first-order valence-corrected chi connectivity index (χ1v) is 14.8. The quantitative estimate of drug-likeness (QED) is 0.534. The topological polar surface area (TPSA) is 67.4 Å². The fourth-order valence-corrected chi connectivity index (χ4v) is 7.15.